The summed E-state index contributed by atoms with van der Waals surface area (Å²) in [7, 11) is 1.63. The van der Waals surface area contributed by atoms with E-state index < -0.39 is 11.7 Å². The number of hydrogen-bond acceptors (Lipinski definition) is 3. The van der Waals surface area contributed by atoms with E-state index in [-0.39, 0.29) is 5.82 Å². The molecule has 2 rings (SSSR count). The first-order valence-corrected chi connectivity index (χ1v) is 5.95. The normalized spacial score (nSPS) is 15.8. The number of alkyl halides is 3. The predicted octanol–water partition coefficient (Wildman–Crippen LogP) is 2.29. The zero-order valence-corrected chi connectivity index (χ0v) is 10.2. The molecule has 1 aliphatic rings. The topological polar surface area (TPSA) is 28.2 Å². The minimum atomic E-state index is -4.36. The van der Waals surface area contributed by atoms with Crippen molar-refractivity contribution in [1.29, 1.82) is 0 Å². The SMILES string of the molecule is CN(CCNC1CC1)c1ncccc1C(F)(F)F. The molecule has 0 aromatic carbocycles. The summed E-state index contributed by atoms with van der Waals surface area (Å²) >= 11 is 0. The van der Waals surface area contributed by atoms with E-state index in [9.17, 15) is 13.2 Å². The fourth-order valence-corrected chi connectivity index (χ4v) is 1.75. The Hall–Kier alpha value is -1.30. The molecule has 1 aromatic heterocycles. The number of nitrogens with zero attached hydrogens (tertiary/aromatic N) is 2. The van der Waals surface area contributed by atoms with Crippen LogP contribution in [0.3, 0.4) is 0 Å². The molecule has 1 aliphatic carbocycles. The highest BCUT2D eigenvalue weighted by Crippen LogP contribution is 2.34. The molecule has 0 amide bonds. The van der Waals surface area contributed by atoms with E-state index in [0.717, 1.165) is 6.07 Å². The van der Waals surface area contributed by atoms with Gasteiger partial charge in [-0.25, -0.2) is 4.98 Å². The summed E-state index contributed by atoms with van der Waals surface area (Å²) in [5.41, 5.74) is -0.682. The van der Waals surface area contributed by atoms with E-state index in [0.29, 0.717) is 19.1 Å². The Morgan fingerprint density at radius 3 is 2.78 bits per heavy atom. The van der Waals surface area contributed by atoms with Crippen LogP contribution in [0.5, 0.6) is 0 Å². The van der Waals surface area contributed by atoms with Gasteiger partial charge < -0.3 is 10.2 Å². The molecule has 18 heavy (non-hydrogen) atoms. The third-order valence-corrected chi connectivity index (χ3v) is 2.91. The van der Waals surface area contributed by atoms with Gasteiger partial charge in [0.05, 0.1) is 5.56 Å². The number of halogens is 3. The molecule has 0 unspecified atom stereocenters. The van der Waals surface area contributed by atoms with Crippen LogP contribution in [-0.4, -0.2) is 31.2 Å². The molecule has 0 radical (unpaired) electrons. The minimum absolute atomic E-state index is 0.0115. The Balaban J connectivity index is 2.01. The van der Waals surface area contributed by atoms with Crippen LogP contribution in [0.15, 0.2) is 18.3 Å². The largest absolute Gasteiger partial charge is 0.419 e. The molecular formula is C12H16F3N3. The average molecular weight is 259 g/mol. The van der Waals surface area contributed by atoms with E-state index in [1.165, 1.54) is 30.0 Å². The van der Waals surface area contributed by atoms with Gasteiger partial charge in [0.25, 0.3) is 0 Å². The fraction of sp³-hybridized carbons (Fsp3) is 0.583. The monoisotopic (exact) mass is 259 g/mol. The van der Waals surface area contributed by atoms with Crippen molar-refractivity contribution in [2.75, 3.05) is 25.0 Å². The Morgan fingerprint density at radius 2 is 2.17 bits per heavy atom. The van der Waals surface area contributed by atoms with Gasteiger partial charge in [0, 0.05) is 32.4 Å². The molecular weight excluding hydrogens is 243 g/mol. The van der Waals surface area contributed by atoms with Crippen LogP contribution in [0.1, 0.15) is 18.4 Å². The Bertz CT molecular complexity index is 402. The van der Waals surface area contributed by atoms with Gasteiger partial charge in [-0.3, -0.25) is 0 Å². The zero-order chi connectivity index (χ0) is 13.2. The van der Waals surface area contributed by atoms with E-state index in [1.54, 1.807) is 7.05 Å². The van der Waals surface area contributed by atoms with Crippen molar-refractivity contribution < 1.29 is 13.2 Å². The maximum absolute atomic E-state index is 12.8. The van der Waals surface area contributed by atoms with Crippen molar-refractivity contribution >= 4 is 5.82 Å². The highest BCUT2D eigenvalue weighted by atomic mass is 19.4. The molecule has 1 heterocycles. The van der Waals surface area contributed by atoms with E-state index in [4.69, 9.17) is 0 Å². The second kappa shape index (κ2) is 5.14. The van der Waals surface area contributed by atoms with E-state index in [2.05, 4.69) is 10.3 Å². The molecule has 1 saturated carbocycles. The zero-order valence-electron chi connectivity index (χ0n) is 10.2. The summed E-state index contributed by atoms with van der Waals surface area (Å²) in [6.45, 7) is 1.19. The predicted molar refractivity (Wildman–Crippen MR) is 63.5 cm³/mol. The standard InChI is InChI=1S/C12H16F3N3/c1-18(8-7-16-9-4-5-9)11-10(12(13,14)15)3-2-6-17-11/h2-3,6,9,16H,4-5,7-8H2,1H3. The van der Waals surface area contributed by atoms with Gasteiger partial charge in [-0.05, 0) is 25.0 Å². The van der Waals surface area contributed by atoms with Crippen LogP contribution >= 0.6 is 0 Å². The first kappa shape index (κ1) is 13.1. The third kappa shape index (κ3) is 3.35. The lowest BCUT2D eigenvalue weighted by molar-refractivity contribution is -0.137. The average Bonchev–Trinajstić information content (AvgIpc) is 3.12. The summed E-state index contributed by atoms with van der Waals surface area (Å²) in [6.07, 6.45) is -0.640. The quantitative estimate of drug-likeness (QED) is 0.879. The van der Waals surface area contributed by atoms with Gasteiger partial charge in [-0.2, -0.15) is 13.2 Å². The number of rotatable bonds is 5. The van der Waals surface area contributed by atoms with Crippen molar-refractivity contribution in [1.82, 2.24) is 10.3 Å². The Morgan fingerprint density at radius 1 is 1.44 bits per heavy atom. The third-order valence-electron chi connectivity index (χ3n) is 2.91. The van der Waals surface area contributed by atoms with Crippen molar-refractivity contribution in [3.63, 3.8) is 0 Å². The number of aromatic nitrogens is 1. The molecule has 0 atom stereocenters. The smallest absolute Gasteiger partial charge is 0.358 e. The highest BCUT2D eigenvalue weighted by molar-refractivity contribution is 5.47. The van der Waals surface area contributed by atoms with Crippen LogP contribution in [0.25, 0.3) is 0 Å². The molecule has 0 aliphatic heterocycles. The van der Waals surface area contributed by atoms with Crippen molar-refractivity contribution in [3.05, 3.63) is 23.9 Å². The van der Waals surface area contributed by atoms with Crippen LogP contribution in [0.2, 0.25) is 0 Å². The lowest BCUT2D eigenvalue weighted by atomic mass is 10.2. The maximum Gasteiger partial charge on any atom is 0.419 e. The number of nitrogens with one attached hydrogen (secondary N) is 1. The Kier molecular flexibility index (Phi) is 3.75. The summed E-state index contributed by atoms with van der Waals surface area (Å²) < 4.78 is 38.4. The molecule has 1 N–H and O–H groups in total. The van der Waals surface area contributed by atoms with Crippen molar-refractivity contribution in [2.45, 2.75) is 25.1 Å². The summed E-state index contributed by atoms with van der Waals surface area (Å²) in [4.78, 5) is 5.38. The lowest BCUT2D eigenvalue weighted by Crippen LogP contribution is -2.32. The molecule has 0 spiro atoms. The van der Waals surface area contributed by atoms with Gasteiger partial charge in [0.1, 0.15) is 5.82 Å². The molecule has 100 valence electrons. The first-order valence-electron chi connectivity index (χ1n) is 5.95. The van der Waals surface area contributed by atoms with Gasteiger partial charge in [0.15, 0.2) is 0 Å². The van der Waals surface area contributed by atoms with E-state index >= 15 is 0 Å². The lowest BCUT2D eigenvalue weighted by Gasteiger charge is -2.22. The number of hydrogen-bond donors (Lipinski definition) is 1. The van der Waals surface area contributed by atoms with Crippen LogP contribution < -0.4 is 10.2 Å². The summed E-state index contributed by atoms with van der Waals surface area (Å²) in [6, 6.07) is 2.93. The number of likely N-dealkylation sites (N-methyl/N-ethyl adjacent to an activating group) is 1. The van der Waals surface area contributed by atoms with Crippen LogP contribution in [-0.2, 0) is 6.18 Å². The number of anilines is 1. The first-order chi connectivity index (χ1) is 8.48. The van der Waals surface area contributed by atoms with E-state index in [1.807, 2.05) is 0 Å². The highest BCUT2D eigenvalue weighted by Gasteiger charge is 2.35. The summed E-state index contributed by atoms with van der Waals surface area (Å²) in [5, 5.41) is 3.26. The minimum Gasteiger partial charge on any atom is -0.358 e. The van der Waals surface area contributed by atoms with Gasteiger partial charge in [-0.15, -0.1) is 0 Å². The molecule has 0 bridgehead atoms. The second-order valence-electron chi connectivity index (χ2n) is 4.52. The Labute approximate surface area is 104 Å². The molecule has 3 nitrogen and oxygen atoms in total. The van der Waals surface area contributed by atoms with Crippen molar-refractivity contribution in [3.8, 4) is 0 Å². The van der Waals surface area contributed by atoms with Crippen molar-refractivity contribution in [2.24, 2.45) is 0 Å². The van der Waals surface area contributed by atoms with Gasteiger partial charge in [-0.1, -0.05) is 0 Å². The number of pyridine rings is 1. The second-order valence-corrected chi connectivity index (χ2v) is 4.52. The molecule has 6 heteroatoms. The van der Waals surface area contributed by atoms with Gasteiger partial charge in [0.2, 0.25) is 0 Å². The van der Waals surface area contributed by atoms with Crippen LogP contribution in [0, 0.1) is 0 Å². The molecule has 1 fully saturated rings. The van der Waals surface area contributed by atoms with Crippen LogP contribution in [0.4, 0.5) is 19.0 Å². The molecule has 1 aromatic rings. The summed E-state index contributed by atoms with van der Waals surface area (Å²) in [5.74, 6) is -0.0115. The fourth-order valence-electron chi connectivity index (χ4n) is 1.75. The molecule has 0 saturated heterocycles. The maximum atomic E-state index is 12.8. The van der Waals surface area contributed by atoms with Gasteiger partial charge >= 0.3 is 6.18 Å².